The Labute approximate surface area is 225 Å². The van der Waals surface area contributed by atoms with E-state index in [9.17, 15) is 9.59 Å². The SMILES string of the molecule is CCSc1nc(NCCOC)c2cnn(CCNC(=O)CC3CSC4=NC5CCCCC5C(=O)N43)c2n1. The molecule has 2 fully saturated rings. The number of amidine groups is 1. The van der Waals surface area contributed by atoms with E-state index in [0.29, 0.717) is 31.4 Å². The number of methoxy groups -OCH3 is 1. The van der Waals surface area contributed by atoms with E-state index < -0.39 is 0 Å². The summed E-state index contributed by atoms with van der Waals surface area (Å²) in [7, 11) is 1.66. The Hall–Kier alpha value is -2.38. The summed E-state index contributed by atoms with van der Waals surface area (Å²) in [5.41, 5.74) is 0.731. The zero-order valence-corrected chi connectivity index (χ0v) is 22.9. The van der Waals surface area contributed by atoms with Gasteiger partial charge in [-0.25, -0.2) is 14.6 Å². The fourth-order valence-electron chi connectivity index (χ4n) is 5.16. The van der Waals surface area contributed by atoms with E-state index in [-0.39, 0.29) is 36.2 Å². The number of thioether (sulfide) groups is 2. The van der Waals surface area contributed by atoms with Crippen molar-refractivity contribution in [1.82, 2.24) is 30.0 Å². The second-order valence-corrected chi connectivity index (χ2v) is 11.6. The molecule has 0 spiro atoms. The lowest BCUT2D eigenvalue weighted by atomic mass is 9.83. The summed E-state index contributed by atoms with van der Waals surface area (Å²) < 4.78 is 6.94. The maximum absolute atomic E-state index is 13.2. The van der Waals surface area contributed by atoms with Gasteiger partial charge < -0.3 is 15.4 Å². The second kappa shape index (κ2) is 12.0. The van der Waals surface area contributed by atoms with Gasteiger partial charge >= 0.3 is 0 Å². The van der Waals surface area contributed by atoms with Crippen LogP contribution in [0.1, 0.15) is 39.0 Å². The monoisotopic (exact) mass is 546 g/mol. The van der Waals surface area contributed by atoms with Crippen molar-refractivity contribution in [3.63, 3.8) is 0 Å². The van der Waals surface area contributed by atoms with Gasteiger partial charge in [-0.2, -0.15) is 5.10 Å². The number of ether oxygens (including phenoxy) is 1. The molecule has 3 atom stereocenters. The summed E-state index contributed by atoms with van der Waals surface area (Å²) in [5.74, 6) is 2.39. The number of carbonyl (C=O) groups excluding carboxylic acids is 2. The van der Waals surface area contributed by atoms with Crippen molar-refractivity contribution in [3.8, 4) is 0 Å². The largest absolute Gasteiger partial charge is 0.383 e. The van der Waals surface area contributed by atoms with Crippen LogP contribution >= 0.6 is 23.5 Å². The van der Waals surface area contributed by atoms with Crippen LogP contribution in [0.2, 0.25) is 0 Å². The molecule has 3 unspecified atom stereocenters. The van der Waals surface area contributed by atoms with Crippen molar-refractivity contribution in [3.05, 3.63) is 6.20 Å². The first-order chi connectivity index (χ1) is 18.1. The zero-order valence-electron chi connectivity index (χ0n) is 21.3. The fraction of sp³-hybridized carbons (Fsp3) is 0.667. The van der Waals surface area contributed by atoms with Gasteiger partial charge in [0.2, 0.25) is 11.8 Å². The molecule has 37 heavy (non-hydrogen) atoms. The molecule has 5 rings (SSSR count). The second-order valence-electron chi connectivity index (χ2n) is 9.41. The standard InChI is InChI=1S/C24H34N8O3S2/c1-3-36-23-29-20(26-9-11-35-2)17-13-27-31(21(17)30-23)10-8-25-19(33)12-15-14-37-24-28-18-7-5-4-6-16(18)22(34)32(15)24/h13,15-16,18H,3-12,14H2,1-2H3,(H,25,33)(H,26,29,30). The maximum Gasteiger partial charge on any atom is 0.234 e. The first kappa shape index (κ1) is 26.2. The Kier molecular flexibility index (Phi) is 8.50. The van der Waals surface area contributed by atoms with Crippen molar-refractivity contribution < 1.29 is 14.3 Å². The predicted octanol–water partition coefficient (Wildman–Crippen LogP) is 2.38. The van der Waals surface area contributed by atoms with E-state index >= 15 is 0 Å². The lowest BCUT2D eigenvalue weighted by molar-refractivity contribution is -0.135. The highest BCUT2D eigenvalue weighted by Crippen LogP contribution is 2.38. The summed E-state index contributed by atoms with van der Waals surface area (Å²) in [4.78, 5) is 42.0. The quantitative estimate of drug-likeness (QED) is 0.248. The minimum absolute atomic E-state index is 0.0125. The number of nitrogens with one attached hydrogen (secondary N) is 2. The Morgan fingerprint density at radius 2 is 2.14 bits per heavy atom. The van der Waals surface area contributed by atoms with Crippen LogP contribution in [0.15, 0.2) is 16.3 Å². The molecule has 1 aliphatic carbocycles. The molecule has 1 saturated heterocycles. The van der Waals surface area contributed by atoms with Crippen LogP contribution in [0.3, 0.4) is 0 Å². The number of amides is 2. The smallest absolute Gasteiger partial charge is 0.234 e. The van der Waals surface area contributed by atoms with Gasteiger partial charge in [-0.15, -0.1) is 0 Å². The third-order valence-corrected chi connectivity index (χ3v) is 8.79. The summed E-state index contributed by atoms with van der Waals surface area (Å²) in [6, 6.07) is -0.000947. The van der Waals surface area contributed by atoms with Gasteiger partial charge in [0.15, 0.2) is 16.0 Å². The van der Waals surface area contributed by atoms with Crippen LogP contribution in [-0.2, 0) is 20.9 Å². The molecule has 0 aromatic carbocycles. The summed E-state index contributed by atoms with van der Waals surface area (Å²) >= 11 is 3.17. The third-order valence-electron chi connectivity index (χ3n) is 6.95. The fourth-order valence-corrected chi connectivity index (χ4v) is 6.92. The van der Waals surface area contributed by atoms with Gasteiger partial charge in [0.1, 0.15) is 5.82 Å². The van der Waals surface area contributed by atoms with Crippen molar-refractivity contribution in [2.45, 2.75) is 62.8 Å². The molecule has 200 valence electrons. The highest BCUT2D eigenvalue weighted by molar-refractivity contribution is 8.14. The van der Waals surface area contributed by atoms with E-state index in [1.54, 1.807) is 46.4 Å². The number of carbonyl (C=O) groups is 2. The highest BCUT2D eigenvalue weighted by atomic mass is 32.2. The normalized spacial score (nSPS) is 23.1. The third kappa shape index (κ3) is 5.73. The number of fused-ring (bicyclic) bond motifs is 3. The Balaban J connectivity index is 1.19. The minimum atomic E-state index is -0.133. The van der Waals surface area contributed by atoms with Crippen LogP contribution in [0, 0.1) is 5.92 Å². The van der Waals surface area contributed by atoms with Gasteiger partial charge in [-0.05, 0) is 18.6 Å². The number of aliphatic imine (C=N–C) groups is 1. The van der Waals surface area contributed by atoms with Crippen LogP contribution in [-0.4, -0.2) is 92.0 Å². The van der Waals surface area contributed by atoms with Crippen LogP contribution < -0.4 is 10.6 Å². The molecule has 4 heterocycles. The number of anilines is 1. The molecule has 2 aromatic heterocycles. The van der Waals surface area contributed by atoms with E-state index in [0.717, 1.165) is 59.2 Å². The molecule has 2 amide bonds. The summed E-state index contributed by atoms with van der Waals surface area (Å²) in [6.07, 6.45) is 6.16. The first-order valence-electron chi connectivity index (χ1n) is 13.0. The highest BCUT2D eigenvalue weighted by Gasteiger charge is 2.45. The van der Waals surface area contributed by atoms with Gasteiger partial charge in [0.05, 0.1) is 42.7 Å². The Morgan fingerprint density at radius 1 is 1.27 bits per heavy atom. The first-order valence-corrected chi connectivity index (χ1v) is 15.0. The molecular formula is C24H34N8O3S2. The van der Waals surface area contributed by atoms with Crippen molar-refractivity contribution in [2.24, 2.45) is 10.9 Å². The molecule has 0 bridgehead atoms. The summed E-state index contributed by atoms with van der Waals surface area (Å²) in [5, 5.41) is 13.1. The minimum Gasteiger partial charge on any atom is -0.383 e. The lowest BCUT2D eigenvalue weighted by Gasteiger charge is -2.37. The van der Waals surface area contributed by atoms with Gasteiger partial charge in [0, 0.05) is 32.4 Å². The van der Waals surface area contributed by atoms with E-state index in [2.05, 4.69) is 32.6 Å². The van der Waals surface area contributed by atoms with E-state index in [1.807, 2.05) is 0 Å². The average Bonchev–Trinajstić information content (AvgIpc) is 3.49. The molecule has 11 nitrogen and oxygen atoms in total. The molecular weight excluding hydrogens is 512 g/mol. The molecule has 2 N–H and O–H groups in total. The Morgan fingerprint density at radius 3 is 2.97 bits per heavy atom. The van der Waals surface area contributed by atoms with E-state index in [4.69, 9.17) is 9.73 Å². The predicted molar refractivity (Wildman–Crippen MR) is 146 cm³/mol. The summed E-state index contributed by atoms with van der Waals surface area (Å²) in [6.45, 7) is 4.16. The molecule has 3 aliphatic rings. The number of aromatic nitrogens is 4. The molecule has 13 heteroatoms. The Bertz CT molecular complexity index is 1170. The van der Waals surface area contributed by atoms with E-state index in [1.165, 1.54) is 0 Å². The molecule has 2 aromatic rings. The maximum atomic E-state index is 13.2. The van der Waals surface area contributed by atoms with Crippen molar-refractivity contribution in [1.29, 1.82) is 0 Å². The number of hydrogen-bond acceptors (Lipinski definition) is 10. The van der Waals surface area contributed by atoms with Crippen LogP contribution in [0.25, 0.3) is 11.0 Å². The molecule has 2 aliphatic heterocycles. The van der Waals surface area contributed by atoms with Crippen LogP contribution in [0.5, 0.6) is 0 Å². The van der Waals surface area contributed by atoms with Gasteiger partial charge in [0.25, 0.3) is 0 Å². The van der Waals surface area contributed by atoms with Gasteiger partial charge in [-0.3, -0.25) is 19.5 Å². The topological polar surface area (TPSA) is 127 Å². The average molecular weight is 547 g/mol. The lowest BCUT2D eigenvalue weighted by Crippen LogP contribution is -2.51. The molecule has 1 saturated carbocycles. The zero-order chi connectivity index (χ0) is 25.8. The number of rotatable bonds is 11. The number of hydrogen-bond donors (Lipinski definition) is 2. The van der Waals surface area contributed by atoms with Gasteiger partial charge in [-0.1, -0.05) is 43.3 Å². The molecule has 0 radical (unpaired) electrons. The van der Waals surface area contributed by atoms with Crippen molar-refractivity contribution >= 4 is 57.4 Å². The number of nitrogens with zero attached hydrogens (tertiary/aromatic N) is 6. The van der Waals surface area contributed by atoms with Crippen molar-refractivity contribution in [2.75, 3.05) is 43.6 Å². The van der Waals surface area contributed by atoms with Crippen LogP contribution in [0.4, 0.5) is 5.82 Å².